The Bertz CT molecular complexity index is 1530. The molecule has 492 valence electrons. The number of carbonyl (C=O) groups excluding carboxylic acids is 2. The smallest absolute Gasteiger partial charge is 0.305 e. The van der Waals surface area contributed by atoms with Crippen molar-refractivity contribution in [2.24, 2.45) is 0 Å². The molecule has 0 bridgehead atoms. The van der Waals surface area contributed by atoms with Crippen molar-refractivity contribution in [3.8, 4) is 0 Å². The Labute approximate surface area is 516 Å². The van der Waals surface area contributed by atoms with Gasteiger partial charge in [0.2, 0.25) is 5.91 Å². The molecule has 7 atom stereocenters. The summed E-state index contributed by atoms with van der Waals surface area (Å²) in [6, 6.07) is -0.809. The highest BCUT2D eigenvalue weighted by Gasteiger charge is 2.44. The van der Waals surface area contributed by atoms with E-state index < -0.39 is 49.5 Å². The van der Waals surface area contributed by atoms with Gasteiger partial charge in [0, 0.05) is 12.8 Å². The zero-order chi connectivity index (χ0) is 60.9. The number of aliphatic hydroxyl groups is 5. The summed E-state index contributed by atoms with van der Waals surface area (Å²) in [6.45, 7) is 4.32. The molecule has 1 heterocycles. The number of esters is 1. The van der Waals surface area contributed by atoms with Gasteiger partial charge < -0.3 is 45.1 Å². The molecule has 1 fully saturated rings. The Hall–Kier alpha value is -2.38. The van der Waals surface area contributed by atoms with Crippen LogP contribution in [0.4, 0.5) is 0 Å². The number of hydrogen-bond donors (Lipinski definition) is 6. The minimum atomic E-state index is -1.57. The third-order valence-electron chi connectivity index (χ3n) is 16.9. The van der Waals surface area contributed by atoms with Gasteiger partial charge >= 0.3 is 5.97 Å². The lowest BCUT2D eigenvalue weighted by atomic mass is 9.99. The number of nitrogens with one attached hydrogen (secondary N) is 1. The maximum absolute atomic E-state index is 13.1. The van der Waals surface area contributed by atoms with Crippen LogP contribution in [0.25, 0.3) is 0 Å². The molecule has 0 aromatic heterocycles. The molecule has 0 radical (unpaired) electrons. The molecule has 1 saturated heterocycles. The summed E-state index contributed by atoms with van der Waals surface area (Å²) < 4.78 is 16.7. The molecule has 6 N–H and O–H groups in total. The average molecular weight is 1190 g/mol. The Morgan fingerprint density at radius 2 is 0.810 bits per heavy atom. The summed E-state index contributed by atoms with van der Waals surface area (Å²) in [5.74, 6) is -0.183. The van der Waals surface area contributed by atoms with Crippen LogP contribution in [0.15, 0.2) is 48.6 Å². The molecule has 7 unspecified atom stereocenters. The van der Waals surface area contributed by atoms with E-state index in [9.17, 15) is 35.1 Å². The molecule has 1 amide bonds. The minimum Gasteiger partial charge on any atom is -0.466 e. The normalized spacial score (nSPS) is 18.3. The second-order valence-electron chi connectivity index (χ2n) is 24.9. The van der Waals surface area contributed by atoms with Crippen LogP contribution in [0.3, 0.4) is 0 Å². The van der Waals surface area contributed by atoms with Crippen molar-refractivity contribution in [3.05, 3.63) is 48.6 Å². The Morgan fingerprint density at radius 3 is 1.25 bits per heavy atom. The second-order valence-corrected chi connectivity index (χ2v) is 24.9. The van der Waals surface area contributed by atoms with Crippen LogP contribution in [0.5, 0.6) is 0 Å². The van der Waals surface area contributed by atoms with Gasteiger partial charge in [0.25, 0.3) is 0 Å². The summed E-state index contributed by atoms with van der Waals surface area (Å²) in [4.78, 5) is 25.1. The van der Waals surface area contributed by atoms with E-state index in [4.69, 9.17) is 14.2 Å². The zero-order valence-electron chi connectivity index (χ0n) is 54.6. The molecule has 0 aliphatic carbocycles. The molecule has 0 spiro atoms. The van der Waals surface area contributed by atoms with E-state index in [0.29, 0.717) is 19.4 Å². The predicted octanol–water partition coefficient (Wildman–Crippen LogP) is 18.4. The molecule has 1 rings (SSSR count). The highest BCUT2D eigenvalue weighted by Crippen LogP contribution is 2.23. The van der Waals surface area contributed by atoms with Crippen LogP contribution < -0.4 is 5.32 Å². The minimum absolute atomic E-state index is 0.00428. The largest absolute Gasteiger partial charge is 0.466 e. The lowest BCUT2D eigenvalue weighted by molar-refractivity contribution is -0.302. The number of amides is 1. The van der Waals surface area contributed by atoms with Gasteiger partial charge in [0.15, 0.2) is 6.29 Å². The van der Waals surface area contributed by atoms with Crippen molar-refractivity contribution in [1.29, 1.82) is 0 Å². The monoisotopic (exact) mass is 1190 g/mol. The van der Waals surface area contributed by atoms with Crippen molar-refractivity contribution in [3.63, 3.8) is 0 Å². The fraction of sp³-hybridized carbons (Fsp3) is 0.863. The van der Waals surface area contributed by atoms with Crippen molar-refractivity contribution in [2.45, 2.75) is 384 Å². The first-order valence-corrected chi connectivity index (χ1v) is 35.9. The number of carbonyl (C=O) groups is 2. The number of aliphatic hydroxyl groups excluding tert-OH is 5. The molecule has 84 heavy (non-hydrogen) atoms. The van der Waals surface area contributed by atoms with Gasteiger partial charge in [-0.3, -0.25) is 9.59 Å². The van der Waals surface area contributed by atoms with E-state index in [2.05, 4.69) is 55.6 Å². The molecule has 0 aromatic carbocycles. The molecule has 0 aromatic rings. The van der Waals surface area contributed by atoms with Crippen molar-refractivity contribution < 1.29 is 49.3 Å². The fourth-order valence-corrected chi connectivity index (χ4v) is 11.2. The number of hydrogen-bond acceptors (Lipinski definition) is 10. The Morgan fingerprint density at radius 1 is 0.440 bits per heavy atom. The second kappa shape index (κ2) is 62.2. The van der Waals surface area contributed by atoms with Crippen LogP contribution in [0.1, 0.15) is 341 Å². The topological polar surface area (TPSA) is 175 Å². The van der Waals surface area contributed by atoms with Gasteiger partial charge in [-0.2, -0.15) is 0 Å². The first-order chi connectivity index (χ1) is 41.2. The van der Waals surface area contributed by atoms with Gasteiger partial charge in [-0.15, -0.1) is 0 Å². The van der Waals surface area contributed by atoms with Gasteiger partial charge in [0.05, 0.1) is 32.0 Å². The maximum atomic E-state index is 13.1. The van der Waals surface area contributed by atoms with Gasteiger partial charge in [-0.1, -0.05) is 294 Å². The molecular weight excluding hydrogens is 1050 g/mol. The predicted molar refractivity (Wildman–Crippen MR) is 352 cm³/mol. The van der Waals surface area contributed by atoms with E-state index >= 15 is 0 Å². The SMILES string of the molecule is CCCC/C=C\CCCCCCCC(=O)OCCCCCCCCCCC/C=C\C/C=C\CCCCCCCCCCCCCCCCCCCC(=O)NC(COC1OC(CO)C(O)C(O)C1O)C(O)/C=C/CCCCCCCCCCCC. The van der Waals surface area contributed by atoms with Gasteiger partial charge in [-0.05, 0) is 83.5 Å². The summed E-state index contributed by atoms with van der Waals surface area (Å²) >= 11 is 0. The van der Waals surface area contributed by atoms with Crippen LogP contribution in [0.2, 0.25) is 0 Å². The first kappa shape index (κ1) is 79.6. The maximum Gasteiger partial charge on any atom is 0.305 e. The molecule has 11 heteroatoms. The number of allylic oxidation sites excluding steroid dienone is 7. The first-order valence-electron chi connectivity index (χ1n) is 35.9. The average Bonchev–Trinajstić information content (AvgIpc) is 3.70. The van der Waals surface area contributed by atoms with Crippen LogP contribution in [0, 0.1) is 0 Å². The third-order valence-corrected chi connectivity index (χ3v) is 16.9. The lowest BCUT2D eigenvalue weighted by Gasteiger charge is -2.40. The number of ether oxygens (including phenoxy) is 3. The lowest BCUT2D eigenvalue weighted by Crippen LogP contribution is -2.60. The Kier molecular flexibility index (Phi) is 59.0. The molecule has 1 aliphatic rings. The summed E-state index contributed by atoms with van der Waals surface area (Å²) in [6.07, 6.45) is 71.1. The van der Waals surface area contributed by atoms with Crippen molar-refractivity contribution in [2.75, 3.05) is 19.8 Å². The third kappa shape index (κ3) is 50.6. The highest BCUT2D eigenvalue weighted by atomic mass is 16.7. The van der Waals surface area contributed by atoms with E-state index in [-0.39, 0.29) is 18.5 Å². The van der Waals surface area contributed by atoms with E-state index in [1.54, 1.807) is 6.08 Å². The standard InChI is InChI=1S/C73H135NO10/c1-3-5-7-9-11-13-15-40-43-47-51-55-59-66(76)65(64-83-73-72(81)71(80)70(79)67(63-75)84-73)74-68(77)60-56-52-48-44-41-37-35-33-31-29-27-25-23-21-19-17-16-18-20-22-24-26-28-30-32-34-36-38-42-46-50-54-58-62-82-69(78)61-57-53-49-45-39-14-12-10-8-6-4-2/h10,12,20,22,26,28,55,59,65-67,70-73,75-76,79-81H,3-9,11,13-19,21,23-25,27,29-54,56-58,60-64H2,1-2H3,(H,74,77)/b12-10-,22-20-,28-26-,59-55+. The fourth-order valence-electron chi connectivity index (χ4n) is 11.2. The van der Waals surface area contributed by atoms with Crippen molar-refractivity contribution in [1.82, 2.24) is 5.32 Å². The molecule has 11 nitrogen and oxygen atoms in total. The van der Waals surface area contributed by atoms with E-state index in [1.807, 2.05) is 6.08 Å². The van der Waals surface area contributed by atoms with Crippen molar-refractivity contribution >= 4 is 11.9 Å². The Balaban J connectivity index is 1.96. The summed E-state index contributed by atoms with van der Waals surface area (Å²) in [5.41, 5.74) is 0. The van der Waals surface area contributed by atoms with Crippen LogP contribution in [-0.4, -0.2) is 100 Å². The van der Waals surface area contributed by atoms with Crippen LogP contribution in [-0.2, 0) is 23.8 Å². The summed E-state index contributed by atoms with van der Waals surface area (Å²) in [5, 5.41) is 54.5. The molecule has 1 aliphatic heterocycles. The van der Waals surface area contributed by atoms with E-state index in [0.717, 1.165) is 64.2 Å². The van der Waals surface area contributed by atoms with Gasteiger partial charge in [0.1, 0.15) is 24.4 Å². The molecule has 0 saturated carbocycles. The summed E-state index contributed by atoms with van der Waals surface area (Å²) in [7, 11) is 0. The highest BCUT2D eigenvalue weighted by molar-refractivity contribution is 5.76. The quantitative estimate of drug-likeness (QED) is 0.0195. The number of unbranched alkanes of at least 4 members (excludes halogenated alkanes) is 43. The van der Waals surface area contributed by atoms with Gasteiger partial charge in [-0.25, -0.2) is 0 Å². The number of rotatable bonds is 63. The van der Waals surface area contributed by atoms with Crippen LogP contribution >= 0.6 is 0 Å². The van der Waals surface area contributed by atoms with E-state index in [1.165, 1.54) is 250 Å². The zero-order valence-corrected chi connectivity index (χ0v) is 54.6. The molecular formula is C73H135NO10.